The van der Waals surface area contributed by atoms with E-state index in [0.717, 1.165) is 0 Å². The highest BCUT2D eigenvalue weighted by atomic mass is 79.9. The molecule has 0 spiro atoms. The fraction of sp³-hybridized carbons (Fsp3) is 0.333. The Morgan fingerprint density at radius 3 is 2.73 bits per heavy atom. The van der Waals surface area contributed by atoms with Gasteiger partial charge in [-0.15, -0.1) is 0 Å². The van der Waals surface area contributed by atoms with Crippen molar-refractivity contribution in [3.05, 3.63) is 21.9 Å². The molecule has 0 aliphatic carbocycles. The highest BCUT2D eigenvalue weighted by molar-refractivity contribution is 9.10. The molecular weight excluding hydrogens is 266 g/mol. The van der Waals surface area contributed by atoms with Crippen molar-refractivity contribution in [3.63, 3.8) is 0 Å². The van der Waals surface area contributed by atoms with Crippen LogP contribution in [-0.4, -0.2) is 31.0 Å². The number of rotatable bonds is 4. The monoisotopic (exact) mass is 275 g/mol. The SMILES string of the molecule is COCn1c(C(=O)OC)cc(C=O)c1Br. The second-order valence-corrected chi connectivity index (χ2v) is 3.48. The Bertz CT molecular complexity index is 386. The second-order valence-electron chi connectivity index (χ2n) is 2.73. The van der Waals surface area contributed by atoms with Gasteiger partial charge in [0.2, 0.25) is 0 Å². The van der Waals surface area contributed by atoms with Crippen LogP contribution in [0.25, 0.3) is 0 Å². The molecule has 0 saturated carbocycles. The lowest BCUT2D eigenvalue weighted by Crippen LogP contribution is -2.11. The standard InChI is InChI=1S/C9H10BrNO4/c1-14-5-11-7(9(13)15-2)3-6(4-12)8(11)10/h3-4H,5H2,1-2H3. The molecule has 1 aromatic rings. The molecule has 15 heavy (non-hydrogen) atoms. The molecule has 0 radical (unpaired) electrons. The van der Waals surface area contributed by atoms with E-state index in [1.165, 1.54) is 24.9 Å². The van der Waals surface area contributed by atoms with Crippen molar-refractivity contribution in [1.82, 2.24) is 4.57 Å². The van der Waals surface area contributed by atoms with Crippen LogP contribution >= 0.6 is 15.9 Å². The maximum Gasteiger partial charge on any atom is 0.354 e. The van der Waals surface area contributed by atoms with Crippen molar-refractivity contribution < 1.29 is 19.1 Å². The van der Waals surface area contributed by atoms with Crippen molar-refractivity contribution in [2.45, 2.75) is 6.73 Å². The van der Waals surface area contributed by atoms with Gasteiger partial charge in [0.05, 0.1) is 11.7 Å². The first kappa shape index (κ1) is 11.9. The summed E-state index contributed by atoms with van der Waals surface area (Å²) < 4.78 is 11.5. The van der Waals surface area contributed by atoms with E-state index in [0.29, 0.717) is 16.5 Å². The lowest BCUT2D eigenvalue weighted by Gasteiger charge is -2.07. The van der Waals surface area contributed by atoms with E-state index in [4.69, 9.17) is 4.74 Å². The maximum atomic E-state index is 11.4. The molecule has 1 aromatic heterocycles. The van der Waals surface area contributed by atoms with Gasteiger partial charge in [-0.2, -0.15) is 0 Å². The average Bonchev–Trinajstić information content (AvgIpc) is 2.56. The second kappa shape index (κ2) is 5.09. The Morgan fingerprint density at radius 1 is 1.60 bits per heavy atom. The van der Waals surface area contributed by atoms with E-state index in [1.54, 1.807) is 0 Å². The number of carbonyl (C=O) groups is 2. The van der Waals surface area contributed by atoms with Crippen LogP contribution in [0.4, 0.5) is 0 Å². The van der Waals surface area contributed by atoms with Crippen molar-refractivity contribution in [2.75, 3.05) is 14.2 Å². The topological polar surface area (TPSA) is 57.5 Å². The summed E-state index contributed by atoms with van der Waals surface area (Å²) in [4.78, 5) is 22.0. The number of halogens is 1. The first-order valence-electron chi connectivity index (χ1n) is 4.07. The fourth-order valence-electron chi connectivity index (χ4n) is 1.16. The number of aldehydes is 1. The first-order chi connectivity index (χ1) is 7.15. The molecule has 1 heterocycles. The van der Waals surface area contributed by atoms with E-state index in [2.05, 4.69) is 20.7 Å². The summed E-state index contributed by atoms with van der Waals surface area (Å²) >= 11 is 3.20. The van der Waals surface area contributed by atoms with Gasteiger partial charge >= 0.3 is 5.97 Å². The van der Waals surface area contributed by atoms with Crippen LogP contribution in [0.5, 0.6) is 0 Å². The Labute approximate surface area is 95.1 Å². The van der Waals surface area contributed by atoms with E-state index in [-0.39, 0.29) is 12.4 Å². The predicted molar refractivity (Wildman–Crippen MR) is 55.9 cm³/mol. The Hall–Kier alpha value is -1.14. The molecule has 1 rings (SSSR count). The number of aromatic nitrogens is 1. The summed E-state index contributed by atoms with van der Waals surface area (Å²) in [6, 6.07) is 1.45. The number of hydrogen-bond acceptors (Lipinski definition) is 4. The molecule has 0 aromatic carbocycles. The third kappa shape index (κ3) is 2.27. The van der Waals surface area contributed by atoms with Gasteiger partial charge in [-0.3, -0.25) is 4.79 Å². The number of ether oxygens (including phenoxy) is 2. The lowest BCUT2D eigenvalue weighted by atomic mass is 10.3. The van der Waals surface area contributed by atoms with Gasteiger partial charge in [0.1, 0.15) is 12.4 Å². The third-order valence-electron chi connectivity index (χ3n) is 1.84. The highest BCUT2D eigenvalue weighted by Crippen LogP contribution is 2.21. The smallest absolute Gasteiger partial charge is 0.354 e. The molecule has 6 heteroatoms. The largest absolute Gasteiger partial charge is 0.464 e. The number of nitrogens with zero attached hydrogens (tertiary/aromatic N) is 1. The Balaban J connectivity index is 3.23. The summed E-state index contributed by atoms with van der Waals surface area (Å²) in [6.07, 6.45) is 0.655. The van der Waals surface area contributed by atoms with E-state index in [1.807, 2.05) is 0 Å². The van der Waals surface area contributed by atoms with Crippen LogP contribution in [0, 0.1) is 0 Å². The number of hydrogen-bond donors (Lipinski definition) is 0. The van der Waals surface area contributed by atoms with Crippen molar-refractivity contribution in [3.8, 4) is 0 Å². The maximum absolute atomic E-state index is 11.4. The van der Waals surface area contributed by atoms with Crippen LogP contribution < -0.4 is 0 Å². The molecule has 0 N–H and O–H groups in total. The molecule has 0 aliphatic rings. The van der Waals surface area contributed by atoms with Gasteiger partial charge in [-0.05, 0) is 22.0 Å². The van der Waals surface area contributed by atoms with Crippen molar-refractivity contribution >= 4 is 28.2 Å². The number of carbonyl (C=O) groups excluding carboxylic acids is 2. The highest BCUT2D eigenvalue weighted by Gasteiger charge is 2.18. The van der Waals surface area contributed by atoms with Crippen LogP contribution in [0.1, 0.15) is 20.8 Å². The molecular formula is C9H10BrNO4. The van der Waals surface area contributed by atoms with Gasteiger partial charge in [-0.1, -0.05) is 0 Å². The van der Waals surface area contributed by atoms with Crippen molar-refractivity contribution in [1.29, 1.82) is 0 Å². The zero-order chi connectivity index (χ0) is 11.4. The minimum absolute atomic E-state index is 0.166. The molecule has 5 nitrogen and oxygen atoms in total. The zero-order valence-electron chi connectivity index (χ0n) is 8.32. The van der Waals surface area contributed by atoms with Gasteiger partial charge in [0.15, 0.2) is 6.29 Å². The van der Waals surface area contributed by atoms with Crippen molar-refractivity contribution in [2.24, 2.45) is 0 Å². The van der Waals surface area contributed by atoms with E-state index in [9.17, 15) is 9.59 Å². The van der Waals surface area contributed by atoms with Gasteiger partial charge in [0, 0.05) is 12.7 Å². The lowest BCUT2D eigenvalue weighted by molar-refractivity contribution is 0.0565. The molecule has 0 unspecified atom stereocenters. The summed E-state index contributed by atoms with van der Waals surface area (Å²) in [5.41, 5.74) is 0.653. The average molecular weight is 276 g/mol. The first-order valence-corrected chi connectivity index (χ1v) is 4.86. The van der Waals surface area contributed by atoms with Gasteiger partial charge in [0.25, 0.3) is 0 Å². The van der Waals surface area contributed by atoms with E-state index < -0.39 is 5.97 Å². The molecule has 82 valence electrons. The molecule has 0 atom stereocenters. The number of methoxy groups -OCH3 is 2. The summed E-state index contributed by atoms with van der Waals surface area (Å²) in [5, 5.41) is 0. The van der Waals surface area contributed by atoms with Crippen LogP contribution in [0.3, 0.4) is 0 Å². The molecule has 0 amide bonds. The third-order valence-corrected chi connectivity index (χ3v) is 2.72. The Kier molecular flexibility index (Phi) is 4.05. The predicted octanol–water partition coefficient (Wildman–Crippen LogP) is 1.45. The molecule has 0 bridgehead atoms. The van der Waals surface area contributed by atoms with Crippen LogP contribution in [0.2, 0.25) is 0 Å². The zero-order valence-corrected chi connectivity index (χ0v) is 9.91. The quantitative estimate of drug-likeness (QED) is 0.617. The molecule has 0 saturated heterocycles. The minimum Gasteiger partial charge on any atom is -0.464 e. The van der Waals surface area contributed by atoms with Gasteiger partial charge < -0.3 is 14.0 Å². The van der Waals surface area contributed by atoms with Gasteiger partial charge in [-0.25, -0.2) is 4.79 Å². The number of esters is 1. The normalized spacial score (nSPS) is 10.1. The Morgan fingerprint density at radius 2 is 2.27 bits per heavy atom. The van der Waals surface area contributed by atoms with Crippen LogP contribution in [-0.2, 0) is 16.2 Å². The minimum atomic E-state index is -0.513. The summed E-state index contributed by atoms with van der Waals surface area (Å²) in [7, 11) is 2.77. The fourth-order valence-corrected chi connectivity index (χ4v) is 1.66. The summed E-state index contributed by atoms with van der Waals surface area (Å²) in [5.74, 6) is -0.513. The van der Waals surface area contributed by atoms with Crippen LogP contribution in [0.15, 0.2) is 10.7 Å². The molecule has 0 fully saturated rings. The van der Waals surface area contributed by atoms with E-state index >= 15 is 0 Å². The molecule has 0 aliphatic heterocycles. The summed E-state index contributed by atoms with van der Waals surface area (Å²) in [6.45, 7) is 0.166.